The van der Waals surface area contributed by atoms with Crippen molar-refractivity contribution in [3.63, 3.8) is 0 Å². The number of carbonyl (C=O) groups is 1. The number of rotatable bonds is 9. The quantitative estimate of drug-likeness (QED) is 0.517. The fraction of sp³-hybridized carbons (Fsp3) is 0.458. The van der Waals surface area contributed by atoms with Gasteiger partial charge in [0.05, 0.1) is 31.8 Å². The molecule has 8 heteroatoms. The lowest BCUT2D eigenvalue weighted by atomic mass is 9.98. The molecule has 1 aliphatic carbocycles. The van der Waals surface area contributed by atoms with E-state index >= 15 is 0 Å². The van der Waals surface area contributed by atoms with Crippen molar-refractivity contribution in [2.75, 3.05) is 13.2 Å². The second-order valence-corrected chi connectivity index (χ2v) is 8.77. The minimum absolute atomic E-state index is 0.112. The van der Waals surface area contributed by atoms with E-state index in [1.165, 1.54) is 24.9 Å². The SMILES string of the molecule is O=C(CCc1cncnc1)N1Cc2ncn(CC3CC3)c2C(COCc2cccnc2)C1. The predicted molar refractivity (Wildman–Crippen MR) is 117 cm³/mol. The van der Waals surface area contributed by atoms with E-state index in [1.807, 2.05) is 29.6 Å². The van der Waals surface area contributed by atoms with Gasteiger partial charge in [0, 0.05) is 55.9 Å². The third-order valence-electron chi connectivity index (χ3n) is 6.18. The lowest BCUT2D eigenvalue weighted by Crippen LogP contribution is -2.40. The number of carbonyl (C=O) groups excluding carboxylic acids is 1. The number of aromatic nitrogens is 5. The van der Waals surface area contributed by atoms with Crippen LogP contribution in [0, 0.1) is 5.92 Å². The fourth-order valence-electron chi connectivity index (χ4n) is 4.34. The molecule has 3 aromatic heterocycles. The molecule has 1 aliphatic heterocycles. The van der Waals surface area contributed by atoms with Gasteiger partial charge in [-0.25, -0.2) is 15.0 Å². The molecule has 0 bridgehead atoms. The maximum absolute atomic E-state index is 13.0. The molecule has 5 rings (SSSR count). The van der Waals surface area contributed by atoms with Crippen LogP contribution in [0.5, 0.6) is 0 Å². The molecular weight excluding hydrogens is 404 g/mol. The smallest absolute Gasteiger partial charge is 0.223 e. The van der Waals surface area contributed by atoms with Crippen LogP contribution in [0.2, 0.25) is 0 Å². The van der Waals surface area contributed by atoms with Crippen molar-refractivity contribution >= 4 is 5.91 Å². The van der Waals surface area contributed by atoms with Crippen molar-refractivity contribution in [3.05, 3.63) is 72.1 Å². The summed E-state index contributed by atoms with van der Waals surface area (Å²) in [5.74, 6) is 1.01. The van der Waals surface area contributed by atoms with Gasteiger partial charge in [0.2, 0.25) is 5.91 Å². The van der Waals surface area contributed by atoms with Crippen LogP contribution in [0.15, 0.2) is 49.6 Å². The summed E-state index contributed by atoms with van der Waals surface area (Å²) < 4.78 is 8.38. The minimum Gasteiger partial charge on any atom is -0.376 e. The van der Waals surface area contributed by atoms with Gasteiger partial charge in [-0.15, -0.1) is 0 Å². The molecule has 0 N–H and O–H groups in total. The Kier molecular flexibility index (Phi) is 6.20. The van der Waals surface area contributed by atoms with Crippen LogP contribution in [-0.4, -0.2) is 48.5 Å². The number of pyridine rings is 1. The second kappa shape index (κ2) is 9.56. The van der Waals surface area contributed by atoms with E-state index in [9.17, 15) is 4.79 Å². The van der Waals surface area contributed by atoms with Gasteiger partial charge in [-0.1, -0.05) is 6.07 Å². The average molecular weight is 433 g/mol. The van der Waals surface area contributed by atoms with Gasteiger partial charge in [0.15, 0.2) is 0 Å². The molecule has 1 atom stereocenters. The second-order valence-electron chi connectivity index (χ2n) is 8.77. The standard InChI is InChI=1S/C24H28N6O2/c31-23(6-5-19-8-26-16-27-9-19)29-12-21(15-32-14-20-2-1-7-25-10-20)24-22(13-29)28-17-30(24)11-18-3-4-18/h1-2,7-10,16-18,21H,3-6,11-15H2. The Morgan fingerprint density at radius 3 is 2.75 bits per heavy atom. The van der Waals surface area contributed by atoms with Crippen LogP contribution < -0.4 is 0 Å². The number of imidazole rings is 1. The maximum Gasteiger partial charge on any atom is 0.223 e. The van der Waals surface area contributed by atoms with Crippen LogP contribution in [-0.2, 0) is 35.6 Å². The molecule has 166 valence electrons. The van der Waals surface area contributed by atoms with E-state index in [1.54, 1.807) is 18.6 Å². The number of ether oxygens (including phenoxy) is 1. The molecule has 0 saturated heterocycles. The van der Waals surface area contributed by atoms with Crippen molar-refractivity contribution in [2.24, 2.45) is 5.92 Å². The highest BCUT2D eigenvalue weighted by Gasteiger charge is 2.33. The van der Waals surface area contributed by atoms with Crippen molar-refractivity contribution in [3.8, 4) is 0 Å². The molecule has 3 aromatic rings. The molecule has 1 fully saturated rings. The molecule has 32 heavy (non-hydrogen) atoms. The normalized spacial score (nSPS) is 17.9. The van der Waals surface area contributed by atoms with Gasteiger partial charge in [-0.3, -0.25) is 9.78 Å². The summed E-state index contributed by atoms with van der Waals surface area (Å²) in [6.45, 7) is 3.30. The van der Waals surface area contributed by atoms with Crippen molar-refractivity contribution < 1.29 is 9.53 Å². The van der Waals surface area contributed by atoms with E-state index in [0.717, 1.165) is 29.3 Å². The van der Waals surface area contributed by atoms with Gasteiger partial charge >= 0.3 is 0 Å². The van der Waals surface area contributed by atoms with Crippen LogP contribution >= 0.6 is 0 Å². The Labute approximate surface area is 187 Å². The van der Waals surface area contributed by atoms with Gasteiger partial charge < -0.3 is 14.2 Å². The molecule has 1 amide bonds. The molecule has 0 spiro atoms. The van der Waals surface area contributed by atoms with E-state index in [-0.39, 0.29) is 11.8 Å². The van der Waals surface area contributed by atoms with Crippen LogP contribution in [0.3, 0.4) is 0 Å². The fourth-order valence-corrected chi connectivity index (χ4v) is 4.34. The highest BCUT2D eigenvalue weighted by atomic mass is 16.5. The van der Waals surface area contributed by atoms with Crippen molar-refractivity contribution in [2.45, 2.75) is 51.3 Å². The molecule has 8 nitrogen and oxygen atoms in total. The van der Waals surface area contributed by atoms with Crippen LogP contribution in [0.25, 0.3) is 0 Å². The Hall–Kier alpha value is -3.13. The highest BCUT2D eigenvalue weighted by Crippen LogP contribution is 2.34. The summed E-state index contributed by atoms with van der Waals surface area (Å²) in [5.41, 5.74) is 4.27. The van der Waals surface area contributed by atoms with E-state index in [0.29, 0.717) is 39.1 Å². The summed E-state index contributed by atoms with van der Waals surface area (Å²) in [6, 6.07) is 3.93. The number of amides is 1. The molecule has 2 aliphatic rings. The van der Waals surface area contributed by atoms with E-state index < -0.39 is 0 Å². The van der Waals surface area contributed by atoms with E-state index in [4.69, 9.17) is 4.74 Å². The lowest BCUT2D eigenvalue weighted by Gasteiger charge is -2.33. The summed E-state index contributed by atoms with van der Waals surface area (Å²) in [7, 11) is 0. The Bertz CT molecular complexity index is 1040. The third kappa shape index (κ3) is 5.02. The average Bonchev–Trinajstić information content (AvgIpc) is 3.56. The first kappa shape index (κ1) is 20.8. The van der Waals surface area contributed by atoms with Gasteiger partial charge in [-0.05, 0) is 42.4 Å². The summed E-state index contributed by atoms with van der Waals surface area (Å²) in [6.07, 6.45) is 14.2. The molecule has 0 radical (unpaired) electrons. The topological polar surface area (TPSA) is 86.0 Å². The number of hydrogen-bond acceptors (Lipinski definition) is 6. The third-order valence-corrected chi connectivity index (χ3v) is 6.18. The molecule has 4 heterocycles. The number of nitrogens with zero attached hydrogens (tertiary/aromatic N) is 6. The van der Waals surface area contributed by atoms with Gasteiger partial charge in [0.25, 0.3) is 0 Å². The monoisotopic (exact) mass is 432 g/mol. The highest BCUT2D eigenvalue weighted by molar-refractivity contribution is 5.76. The first-order chi connectivity index (χ1) is 15.8. The lowest BCUT2D eigenvalue weighted by molar-refractivity contribution is -0.132. The molecule has 1 saturated carbocycles. The molecule has 1 unspecified atom stereocenters. The first-order valence-electron chi connectivity index (χ1n) is 11.3. The molecule has 0 aromatic carbocycles. The summed E-state index contributed by atoms with van der Waals surface area (Å²) in [4.78, 5) is 31.9. The largest absolute Gasteiger partial charge is 0.376 e. The van der Waals surface area contributed by atoms with Gasteiger partial charge in [-0.2, -0.15) is 0 Å². The zero-order valence-corrected chi connectivity index (χ0v) is 18.1. The van der Waals surface area contributed by atoms with E-state index in [2.05, 4.69) is 24.5 Å². The molecular formula is C24H28N6O2. The Morgan fingerprint density at radius 1 is 1.12 bits per heavy atom. The van der Waals surface area contributed by atoms with Crippen LogP contribution in [0.1, 0.15) is 47.7 Å². The Balaban J connectivity index is 1.27. The Morgan fingerprint density at radius 2 is 1.97 bits per heavy atom. The number of aryl methyl sites for hydroxylation is 1. The van der Waals surface area contributed by atoms with Crippen LogP contribution in [0.4, 0.5) is 0 Å². The zero-order valence-electron chi connectivity index (χ0n) is 18.1. The number of hydrogen-bond donors (Lipinski definition) is 0. The van der Waals surface area contributed by atoms with Crippen molar-refractivity contribution in [1.82, 2.24) is 29.4 Å². The zero-order chi connectivity index (χ0) is 21.8. The van der Waals surface area contributed by atoms with Gasteiger partial charge in [0.1, 0.15) is 6.33 Å². The summed E-state index contributed by atoms with van der Waals surface area (Å²) in [5, 5.41) is 0. The minimum atomic E-state index is 0.112. The predicted octanol–water partition coefficient (Wildman–Crippen LogP) is 2.75. The first-order valence-corrected chi connectivity index (χ1v) is 11.3. The maximum atomic E-state index is 13.0. The summed E-state index contributed by atoms with van der Waals surface area (Å²) >= 11 is 0. The van der Waals surface area contributed by atoms with Crippen molar-refractivity contribution in [1.29, 1.82) is 0 Å². The number of fused-ring (bicyclic) bond motifs is 1.